The maximum Gasteiger partial charge on any atom is 0.271 e. The van der Waals surface area contributed by atoms with Crippen molar-refractivity contribution in [1.82, 2.24) is 20.6 Å². The molecule has 2 amide bonds. The summed E-state index contributed by atoms with van der Waals surface area (Å²) in [6, 6.07) is 11.6. The lowest BCUT2D eigenvalue weighted by Gasteiger charge is -2.10. The second kappa shape index (κ2) is 8.31. The Morgan fingerprint density at radius 2 is 1.86 bits per heavy atom. The molecule has 3 aromatic rings. The van der Waals surface area contributed by atoms with Gasteiger partial charge in [-0.3, -0.25) is 20.4 Å². The topological polar surface area (TPSA) is 89.2 Å². The highest BCUT2D eigenvalue weighted by Gasteiger charge is 2.18. The van der Waals surface area contributed by atoms with Gasteiger partial charge in [-0.2, -0.15) is 0 Å². The van der Waals surface area contributed by atoms with Gasteiger partial charge < -0.3 is 9.09 Å². The second-order valence-electron chi connectivity index (χ2n) is 6.48. The number of halogens is 1. The number of nitrogens with one attached hydrogen (secondary N) is 2. The fourth-order valence-corrected chi connectivity index (χ4v) is 3.37. The van der Waals surface area contributed by atoms with Crippen molar-refractivity contribution in [2.24, 2.45) is 0 Å². The van der Waals surface area contributed by atoms with E-state index in [1.165, 1.54) is 0 Å². The van der Waals surface area contributed by atoms with E-state index in [0.717, 1.165) is 17.1 Å². The van der Waals surface area contributed by atoms with Crippen molar-refractivity contribution in [1.29, 1.82) is 0 Å². The molecular formula is C20H21ClN4O3. The van der Waals surface area contributed by atoms with Crippen LogP contribution < -0.4 is 10.9 Å². The average molecular weight is 401 g/mol. The van der Waals surface area contributed by atoms with Crippen LogP contribution in [0.25, 0.3) is 5.69 Å². The fourth-order valence-electron chi connectivity index (χ4n) is 3.10. The first-order valence-electron chi connectivity index (χ1n) is 8.82. The summed E-state index contributed by atoms with van der Waals surface area (Å²) in [5.41, 5.74) is 9.44. The number of para-hydroxylation sites is 1. The van der Waals surface area contributed by atoms with Crippen molar-refractivity contribution < 1.29 is 14.1 Å². The van der Waals surface area contributed by atoms with Gasteiger partial charge in [0.2, 0.25) is 11.1 Å². The Hall–Kier alpha value is -3.06. The Kier molecular flexibility index (Phi) is 5.84. The van der Waals surface area contributed by atoms with Crippen LogP contribution >= 0.6 is 11.6 Å². The SMILES string of the molecule is Cc1noc(Cl)c1CCC(=O)NNC(=O)c1cc(C)n(-c2ccccc2)c1C. The number of aryl methyl sites for hydroxylation is 2. The number of rotatable bonds is 5. The average Bonchev–Trinajstić information content (AvgIpc) is 3.16. The van der Waals surface area contributed by atoms with E-state index in [0.29, 0.717) is 23.2 Å². The first-order valence-corrected chi connectivity index (χ1v) is 9.20. The third kappa shape index (κ3) is 4.09. The minimum Gasteiger partial charge on any atom is -0.344 e. The Bertz CT molecular complexity index is 989. The summed E-state index contributed by atoms with van der Waals surface area (Å²) in [5.74, 6) is -0.704. The van der Waals surface area contributed by atoms with E-state index in [1.807, 2.05) is 48.7 Å². The van der Waals surface area contributed by atoms with Crippen LogP contribution in [-0.4, -0.2) is 21.5 Å². The molecule has 0 aliphatic heterocycles. The molecule has 0 atom stereocenters. The first-order chi connectivity index (χ1) is 13.4. The van der Waals surface area contributed by atoms with Gasteiger partial charge >= 0.3 is 0 Å². The molecule has 0 fully saturated rings. The summed E-state index contributed by atoms with van der Waals surface area (Å²) >= 11 is 5.89. The minimum atomic E-state index is -0.372. The van der Waals surface area contributed by atoms with E-state index >= 15 is 0 Å². The van der Waals surface area contributed by atoms with Crippen LogP contribution in [0.15, 0.2) is 40.9 Å². The Morgan fingerprint density at radius 3 is 2.50 bits per heavy atom. The van der Waals surface area contributed by atoms with Crippen LogP contribution in [0.1, 0.15) is 39.4 Å². The Morgan fingerprint density at radius 1 is 1.14 bits per heavy atom. The maximum atomic E-state index is 12.5. The second-order valence-corrected chi connectivity index (χ2v) is 6.82. The summed E-state index contributed by atoms with van der Waals surface area (Å²) in [4.78, 5) is 24.6. The van der Waals surface area contributed by atoms with Gasteiger partial charge in [-0.1, -0.05) is 23.4 Å². The van der Waals surface area contributed by atoms with Crippen LogP contribution in [0.2, 0.25) is 5.22 Å². The molecule has 2 N–H and O–H groups in total. The zero-order valence-electron chi connectivity index (χ0n) is 15.9. The molecule has 2 aromatic heterocycles. The van der Waals surface area contributed by atoms with Gasteiger partial charge in [-0.15, -0.1) is 0 Å². The van der Waals surface area contributed by atoms with E-state index < -0.39 is 0 Å². The van der Waals surface area contributed by atoms with E-state index in [-0.39, 0.29) is 23.5 Å². The molecule has 1 aromatic carbocycles. The van der Waals surface area contributed by atoms with E-state index in [4.69, 9.17) is 16.1 Å². The molecule has 0 saturated carbocycles. The summed E-state index contributed by atoms with van der Waals surface area (Å²) in [6.07, 6.45) is 0.517. The predicted octanol–water partition coefficient (Wildman–Crippen LogP) is 3.44. The van der Waals surface area contributed by atoms with Gasteiger partial charge in [0.05, 0.1) is 11.3 Å². The van der Waals surface area contributed by atoms with Crippen molar-refractivity contribution in [3.63, 3.8) is 0 Å². The highest BCUT2D eigenvalue weighted by Crippen LogP contribution is 2.21. The van der Waals surface area contributed by atoms with Crippen molar-refractivity contribution in [3.05, 3.63) is 69.8 Å². The largest absolute Gasteiger partial charge is 0.344 e. The number of hydrogen-bond acceptors (Lipinski definition) is 4. The van der Waals surface area contributed by atoms with Gasteiger partial charge in [0.1, 0.15) is 0 Å². The smallest absolute Gasteiger partial charge is 0.271 e. The van der Waals surface area contributed by atoms with Crippen LogP contribution in [0, 0.1) is 20.8 Å². The van der Waals surface area contributed by atoms with E-state index in [9.17, 15) is 9.59 Å². The van der Waals surface area contributed by atoms with E-state index in [2.05, 4.69) is 16.0 Å². The van der Waals surface area contributed by atoms with Crippen LogP contribution in [0.3, 0.4) is 0 Å². The summed E-state index contributed by atoms with van der Waals surface area (Å²) < 4.78 is 6.85. The molecule has 0 aliphatic rings. The molecule has 0 saturated heterocycles. The number of amides is 2. The van der Waals surface area contributed by atoms with Crippen LogP contribution in [0.5, 0.6) is 0 Å². The van der Waals surface area contributed by atoms with Crippen molar-refractivity contribution in [2.45, 2.75) is 33.6 Å². The molecule has 8 heteroatoms. The zero-order valence-corrected chi connectivity index (χ0v) is 16.6. The predicted molar refractivity (Wildman–Crippen MR) is 105 cm³/mol. The number of aromatic nitrogens is 2. The molecule has 0 bridgehead atoms. The summed E-state index contributed by atoms with van der Waals surface area (Å²) in [7, 11) is 0. The quantitative estimate of drug-likeness (QED) is 0.642. The number of hydrogen-bond donors (Lipinski definition) is 2. The Balaban J connectivity index is 1.62. The molecule has 0 aliphatic carbocycles. The van der Waals surface area contributed by atoms with Crippen molar-refractivity contribution >= 4 is 23.4 Å². The highest BCUT2D eigenvalue weighted by atomic mass is 35.5. The van der Waals surface area contributed by atoms with Crippen LogP contribution in [-0.2, 0) is 11.2 Å². The molecule has 2 heterocycles. The molecule has 0 spiro atoms. The molecule has 0 radical (unpaired) electrons. The lowest BCUT2D eigenvalue weighted by Crippen LogP contribution is -2.41. The molecule has 146 valence electrons. The van der Waals surface area contributed by atoms with Gasteiger partial charge in [-0.25, -0.2) is 0 Å². The van der Waals surface area contributed by atoms with Gasteiger partial charge in [0.25, 0.3) is 5.91 Å². The molecule has 7 nitrogen and oxygen atoms in total. The number of carbonyl (C=O) groups is 2. The molecule has 3 rings (SSSR count). The van der Waals surface area contributed by atoms with Gasteiger partial charge in [0, 0.05) is 29.1 Å². The highest BCUT2D eigenvalue weighted by molar-refractivity contribution is 6.29. The third-order valence-corrected chi connectivity index (χ3v) is 4.84. The third-order valence-electron chi connectivity index (χ3n) is 4.54. The number of nitrogens with zero attached hydrogens (tertiary/aromatic N) is 2. The van der Waals surface area contributed by atoms with E-state index in [1.54, 1.807) is 13.0 Å². The normalized spacial score (nSPS) is 10.7. The van der Waals surface area contributed by atoms with Gasteiger partial charge in [-0.05, 0) is 57.0 Å². The minimum absolute atomic E-state index is 0.144. The molecule has 0 unspecified atom stereocenters. The standard InChI is InChI=1S/C20H21ClN4O3/c1-12-11-17(14(3)25(12)15-7-5-4-6-8-15)20(27)23-22-18(26)10-9-16-13(2)24-28-19(16)21/h4-8,11H,9-10H2,1-3H3,(H,22,26)(H,23,27). The lowest BCUT2D eigenvalue weighted by molar-refractivity contribution is -0.121. The maximum absolute atomic E-state index is 12.5. The molecule has 28 heavy (non-hydrogen) atoms. The number of carbonyl (C=O) groups excluding carboxylic acids is 2. The first kappa shape index (κ1) is 19.7. The monoisotopic (exact) mass is 400 g/mol. The zero-order chi connectivity index (χ0) is 20.3. The molecular weight excluding hydrogens is 380 g/mol. The number of hydrazine groups is 1. The summed E-state index contributed by atoms with van der Waals surface area (Å²) in [6.45, 7) is 5.56. The fraction of sp³-hybridized carbons (Fsp3) is 0.250. The van der Waals surface area contributed by atoms with Crippen LogP contribution in [0.4, 0.5) is 0 Å². The Labute approximate surface area is 167 Å². The summed E-state index contributed by atoms with van der Waals surface area (Å²) in [5, 5.41) is 3.93. The van der Waals surface area contributed by atoms with Crippen molar-refractivity contribution in [3.8, 4) is 5.69 Å². The lowest BCUT2D eigenvalue weighted by atomic mass is 10.1. The van der Waals surface area contributed by atoms with Gasteiger partial charge in [0.15, 0.2) is 0 Å². The van der Waals surface area contributed by atoms with Crippen molar-refractivity contribution in [2.75, 3.05) is 0 Å². The number of benzene rings is 1.